The van der Waals surface area contributed by atoms with Gasteiger partial charge < -0.3 is 15.5 Å². The molecule has 2 aromatic heterocycles. The zero-order chi connectivity index (χ0) is 17.9. The lowest BCUT2D eigenvalue weighted by Crippen LogP contribution is -2.37. The van der Waals surface area contributed by atoms with Crippen LogP contribution in [0.1, 0.15) is 35.8 Å². The topological polar surface area (TPSA) is 75.1 Å². The first-order valence-electron chi connectivity index (χ1n) is 9.13. The number of nitrogens with one attached hydrogen (secondary N) is 2. The van der Waals surface area contributed by atoms with Gasteiger partial charge in [0.15, 0.2) is 0 Å². The van der Waals surface area contributed by atoms with Crippen molar-refractivity contribution in [3.8, 4) is 0 Å². The molecule has 0 aliphatic carbocycles. The molecule has 4 rings (SSSR count). The van der Waals surface area contributed by atoms with E-state index in [2.05, 4.69) is 25.6 Å². The van der Waals surface area contributed by atoms with Crippen molar-refractivity contribution in [3.05, 3.63) is 41.3 Å². The molecule has 2 aliphatic rings. The average Bonchev–Trinajstić information content (AvgIpc) is 3.33. The second kappa shape index (κ2) is 8.91. The average molecular weight is 411 g/mol. The SMILES string of the molecule is Cl.O=C(NC1CCN(c2ncccc2Cl)C1)c1ccn(C2CCCNC2)n1. The Bertz CT molecular complexity index is 777. The minimum Gasteiger partial charge on any atom is -0.353 e. The molecule has 0 radical (unpaired) electrons. The molecular weight excluding hydrogens is 387 g/mol. The predicted octanol–water partition coefficient (Wildman–Crippen LogP) is 2.29. The highest BCUT2D eigenvalue weighted by molar-refractivity contribution is 6.32. The Kier molecular flexibility index (Phi) is 6.57. The molecule has 1 amide bonds. The van der Waals surface area contributed by atoms with Crippen LogP contribution < -0.4 is 15.5 Å². The first kappa shape index (κ1) is 19.9. The van der Waals surface area contributed by atoms with Crippen molar-refractivity contribution in [3.63, 3.8) is 0 Å². The summed E-state index contributed by atoms with van der Waals surface area (Å²) < 4.78 is 1.91. The first-order valence-corrected chi connectivity index (χ1v) is 9.51. The van der Waals surface area contributed by atoms with Crippen LogP contribution in [0.5, 0.6) is 0 Å². The van der Waals surface area contributed by atoms with Crippen LogP contribution >= 0.6 is 24.0 Å². The van der Waals surface area contributed by atoms with Gasteiger partial charge in [-0.1, -0.05) is 11.6 Å². The number of halogens is 2. The highest BCUT2D eigenvalue weighted by Crippen LogP contribution is 2.25. The zero-order valence-electron chi connectivity index (χ0n) is 15.0. The fourth-order valence-corrected chi connectivity index (χ4v) is 3.90. The number of carbonyl (C=O) groups excluding carboxylic acids is 1. The standard InChI is InChI=1S/C18H23ClN6O.ClH/c19-15-4-2-8-21-17(15)24-9-5-13(12-24)22-18(26)16-6-10-25(23-16)14-3-1-7-20-11-14;/h2,4,6,8,10,13-14,20H,1,3,5,7,9,11-12H2,(H,22,26);1H. The van der Waals surface area contributed by atoms with Crippen LogP contribution in [-0.2, 0) is 0 Å². The molecule has 2 aromatic rings. The molecule has 2 saturated heterocycles. The van der Waals surface area contributed by atoms with Crippen molar-refractivity contribution in [2.75, 3.05) is 31.1 Å². The van der Waals surface area contributed by atoms with Gasteiger partial charge in [0.25, 0.3) is 5.91 Å². The molecule has 0 bridgehead atoms. The summed E-state index contributed by atoms with van der Waals surface area (Å²) in [6.45, 7) is 3.49. The fraction of sp³-hybridized carbons (Fsp3) is 0.500. The molecular formula is C18H24Cl2N6O. The van der Waals surface area contributed by atoms with Gasteiger partial charge in [-0.25, -0.2) is 4.98 Å². The Hall–Kier alpha value is -1.83. The Balaban J connectivity index is 0.00000210. The molecule has 0 saturated carbocycles. The molecule has 0 spiro atoms. The van der Waals surface area contributed by atoms with Crippen molar-refractivity contribution >= 4 is 35.7 Å². The smallest absolute Gasteiger partial charge is 0.272 e. The largest absolute Gasteiger partial charge is 0.353 e. The van der Waals surface area contributed by atoms with Crippen molar-refractivity contribution in [1.29, 1.82) is 0 Å². The van der Waals surface area contributed by atoms with Gasteiger partial charge in [0.1, 0.15) is 11.5 Å². The number of hydrogen-bond donors (Lipinski definition) is 2. The number of aromatic nitrogens is 3. The number of amides is 1. The summed E-state index contributed by atoms with van der Waals surface area (Å²) in [5.41, 5.74) is 0.477. The number of piperidine rings is 1. The van der Waals surface area contributed by atoms with Gasteiger partial charge in [-0.15, -0.1) is 12.4 Å². The third-order valence-corrected chi connectivity index (χ3v) is 5.34. The van der Waals surface area contributed by atoms with Crippen LogP contribution in [0, 0.1) is 0 Å². The summed E-state index contributed by atoms with van der Waals surface area (Å²) in [5, 5.41) is 11.6. The van der Waals surface area contributed by atoms with E-state index in [0.29, 0.717) is 23.3 Å². The summed E-state index contributed by atoms with van der Waals surface area (Å²) >= 11 is 6.22. The second-order valence-electron chi connectivity index (χ2n) is 6.90. The van der Waals surface area contributed by atoms with E-state index >= 15 is 0 Å². The number of anilines is 1. The highest BCUT2D eigenvalue weighted by atomic mass is 35.5. The maximum atomic E-state index is 12.5. The van der Waals surface area contributed by atoms with E-state index in [0.717, 1.165) is 44.7 Å². The minimum absolute atomic E-state index is 0. The Morgan fingerprint density at radius 2 is 2.22 bits per heavy atom. The minimum atomic E-state index is -0.119. The number of hydrogen-bond acceptors (Lipinski definition) is 5. The van der Waals surface area contributed by atoms with Crippen molar-refractivity contribution in [2.24, 2.45) is 0 Å². The third-order valence-electron chi connectivity index (χ3n) is 5.05. The van der Waals surface area contributed by atoms with E-state index in [1.807, 2.05) is 23.0 Å². The molecule has 0 aromatic carbocycles. The lowest BCUT2D eigenvalue weighted by Gasteiger charge is -2.22. The maximum absolute atomic E-state index is 12.5. The molecule has 146 valence electrons. The molecule has 4 heterocycles. The Morgan fingerprint density at radius 1 is 1.33 bits per heavy atom. The lowest BCUT2D eigenvalue weighted by atomic mass is 10.1. The van der Waals surface area contributed by atoms with Gasteiger partial charge in [-0.2, -0.15) is 5.10 Å². The molecule has 27 heavy (non-hydrogen) atoms. The van der Waals surface area contributed by atoms with Gasteiger partial charge in [0, 0.05) is 38.1 Å². The Labute approximate surface area is 169 Å². The molecule has 2 aliphatic heterocycles. The van der Waals surface area contributed by atoms with Crippen molar-refractivity contribution < 1.29 is 4.79 Å². The third kappa shape index (κ3) is 4.54. The molecule has 2 atom stereocenters. The van der Waals surface area contributed by atoms with Crippen molar-refractivity contribution in [2.45, 2.75) is 31.3 Å². The molecule has 2 unspecified atom stereocenters. The molecule has 2 N–H and O–H groups in total. The van der Waals surface area contributed by atoms with Crippen LogP contribution in [0.2, 0.25) is 5.02 Å². The fourth-order valence-electron chi connectivity index (χ4n) is 3.66. The number of carbonyl (C=O) groups is 1. The van der Waals surface area contributed by atoms with Crippen LogP contribution in [0.25, 0.3) is 0 Å². The summed E-state index contributed by atoms with van der Waals surface area (Å²) in [6.07, 6.45) is 6.74. The molecule has 2 fully saturated rings. The van der Waals surface area contributed by atoms with Crippen LogP contribution in [-0.4, -0.2) is 52.9 Å². The number of nitrogens with zero attached hydrogens (tertiary/aromatic N) is 4. The van der Waals surface area contributed by atoms with Gasteiger partial charge in [0.2, 0.25) is 0 Å². The van der Waals surface area contributed by atoms with Gasteiger partial charge in [-0.05, 0) is 44.0 Å². The summed E-state index contributed by atoms with van der Waals surface area (Å²) in [6, 6.07) is 5.86. The van der Waals surface area contributed by atoms with E-state index in [1.165, 1.54) is 0 Å². The van der Waals surface area contributed by atoms with E-state index in [1.54, 1.807) is 12.3 Å². The summed E-state index contributed by atoms with van der Waals surface area (Å²) in [5.74, 6) is 0.659. The zero-order valence-corrected chi connectivity index (χ0v) is 16.5. The molecule has 9 heteroatoms. The Morgan fingerprint density at radius 3 is 3.00 bits per heavy atom. The predicted molar refractivity (Wildman–Crippen MR) is 108 cm³/mol. The number of pyridine rings is 1. The highest BCUT2D eigenvalue weighted by Gasteiger charge is 2.27. The van der Waals surface area contributed by atoms with Crippen LogP contribution in [0.15, 0.2) is 30.6 Å². The van der Waals surface area contributed by atoms with Crippen LogP contribution in [0.4, 0.5) is 5.82 Å². The monoisotopic (exact) mass is 410 g/mol. The number of rotatable bonds is 4. The maximum Gasteiger partial charge on any atom is 0.272 e. The van der Waals surface area contributed by atoms with Gasteiger partial charge >= 0.3 is 0 Å². The normalized spacial score (nSPS) is 22.3. The van der Waals surface area contributed by atoms with E-state index in [-0.39, 0.29) is 24.4 Å². The van der Waals surface area contributed by atoms with E-state index in [9.17, 15) is 4.79 Å². The second-order valence-corrected chi connectivity index (χ2v) is 7.30. The quantitative estimate of drug-likeness (QED) is 0.808. The van der Waals surface area contributed by atoms with E-state index < -0.39 is 0 Å². The van der Waals surface area contributed by atoms with E-state index in [4.69, 9.17) is 11.6 Å². The van der Waals surface area contributed by atoms with Gasteiger partial charge in [0.05, 0.1) is 11.1 Å². The van der Waals surface area contributed by atoms with Crippen molar-refractivity contribution in [1.82, 2.24) is 25.4 Å². The molecule has 7 nitrogen and oxygen atoms in total. The first-order chi connectivity index (χ1) is 12.7. The summed E-state index contributed by atoms with van der Waals surface area (Å²) in [7, 11) is 0. The lowest BCUT2D eigenvalue weighted by molar-refractivity contribution is 0.0934. The van der Waals surface area contributed by atoms with Gasteiger partial charge in [-0.3, -0.25) is 9.48 Å². The summed E-state index contributed by atoms with van der Waals surface area (Å²) in [4.78, 5) is 19.0. The van der Waals surface area contributed by atoms with Crippen LogP contribution in [0.3, 0.4) is 0 Å².